The Morgan fingerprint density at radius 1 is 1.07 bits per heavy atom. The molecule has 0 spiro atoms. The minimum absolute atomic E-state index is 0.122. The summed E-state index contributed by atoms with van der Waals surface area (Å²) in [6, 6.07) is 11.6. The maximum atomic E-state index is 12.6. The van der Waals surface area contributed by atoms with Crippen LogP contribution in [0.5, 0.6) is 11.5 Å². The fraction of sp³-hybridized carbons (Fsp3) is 0.304. The predicted molar refractivity (Wildman–Crippen MR) is 112 cm³/mol. The minimum Gasteiger partial charge on any atom is -0.493 e. The molecule has 1 amide bonds. The highest BCUT2D eigenvalue weighted by Crippen LogP contribution is 2.33. The number of nitrogens with zero attached hydrogens (tertiary/aromatic N) is 1. The molecule has 30 heavy (non-hydrogen) atoms. The van der Waals surface area contributed by atoms with Gasteiger partial charge < -0.3 is 24.1 Å². The molecule has 1 aromatic heterocycles. The Bertz CT molecular complexity index is 1090. The molecule has 3 aromatic rings. The van der Waals surface area contributed by atoms with Gasteiger partial charge in [0, 0.05) is 30.2 Å². The van der Waals surface area contributed by atoms with Gasteiger partial charge in [-0.2, -0.15) is 0 Å². The molecular formula is C23H24N2O5. The van der Waals surface area contributed by atoms with Crippen LogP contribution < -0.4 is 9.47 Å². The summed E-state index contributed by atoms with van der Waals surface area (Å²) in [4.78, 5) is 29.7. The van der Waals surface area contributed by atoms with Crippen molar-refractivity contribution in [2.24, 2.45) is 0 Å². The number of para-hydroxylation sites is 1. The van der Waals surface area contributed by atoms with E-state index in [1.54, 1.807) is 25.3 Å². The maximum Gasteiger partial charge on any atom is 0.310 e. The molecular weight excluding hydrogens is 384 g/mol. The molecule has 0 bridgehead atoms. The van der Waals surface area contributed by atoms with E-state index in [0.29, 0.717) is 31.0 Å². The van der Waals surface area contributed by atoms with Gasteiger partial charge in [0.15, 0.2) is 18.1 Å². The second-order valence-electron chi connectivity index (χ2n) is 7.24. The summed E-state index contributed by atoms with van der Waals surface area (Å²) in [5, 5.41) is 0.984. The Morgan fingerprint density at radius 3 is 2.57 bits per heavy atom. The van der Waals surface area contributed by atoms with E-state index in [0.717, 1.165) is 27.6 Å². The first kappa shape index (κ1) is 19.8. The van der Waals surface area contributed by atoms with Crippen molar-refractivity contribution in [3.05, 3.63) is 59.3 Å². The highest BCUT2D eigenvalue weighted by atomic mass is 16.5. The number of benzene rings is 2. The number of rotatable bonds is 6. The van der Waals surface area contributed by atoms with Gasteiger partial charge in [0.25, 0.3) is 5.91 Å². The number of carbonyl (C=O) groups excluding carboxylic acids is 2. The molecule has 0 aliphatic carbocycles. The van der Waals surface area contributed by atoms with Gasteiger partial charge in [0.05, 0.1) is 20.6 Å². The van der Waals surface area contributed by atoms with E-state index in [-0.39, 0.29) is 18.9 Å². The van der Waals surface area contributed by atoms with Crippen LogP contribution in [0.2, 0.25) is 0 Å². The third kappa shape index (κ3) is 3.96. The molecule has 2 aromatic carbocycles. The number of methoxy groups -OCH3 is 2. The number of esters is 1. The second kappa shape index (κ2) is 8.49. The zero-order valence-corrected chi connectivity index (χ0v) is 17.1. The van der Waals surface area contributed by atoms with Crippen LogP contribution in [0, 0.1) is 0 Å². The molecule has 0 radical (unpaired) electrons. The van der Waals surface area contributed by atoms with Crippen molar-refractivity contribution in [2.75, 3.05) is 27.4 Å². The van der Waals surface area contributed by atoms with Crippen molar-refractivity contribution in [1.29, 1.82) is 0 Å². The zero-order chi connectivity index (χ0) is 21.1. The molecule has 2 heterocycles. The van der Waals surface area contributed by atoms with Crippen molar-refractivity contribution in [3.8, 4) is 11.5 Å². The van der Waals surface area contributed by atoms with Crippen molar-refractivity contribution in [2.45, 2.75) is 19.4 Å². The summed E-state index contributed by atoms with van der Waals surface area (Å²) >= 11 is 0. The van der Waals surface area contributed by atoms with Gasteiger partial charge >= 0.3 is 5.97 Å². The van der Waals surface area contributed by atoms with Crippen LogP contribution >= 0.6 is 0 Å². The van der Waals surface area contributed by atoms with Gasteiger partial charge in [-0.15, -0.1) is 0 Å². The number of H-pyrrole nitrogens is 1. The lowest BCUT2D eigenvalue weighted by Gasteiger charge is -2.29. The highest BCUT2D eigenvalue weighted by molar-refractivity contribution is 5.88. The SMILES string of the molecule is COc1cc2c(cc1OC)CN(C(=O)COC(=O)Cc1c[nH]c3ccccc13)CC2. The molecule has 156 valence electrons. The van der Waals surface area contributed by atoms with Crippen molar-refractivity contribution in [3.63, 3.8) is 0 Å². The van der Waals surface area contributed by atoms with Crippen molar-refractivity contribution in [1.82, 2.24) is 9.88 Å². The van der Waals surface area contributed by atoms with Crippen molar-refractivity contribution < 1.29 is 23.8 Å². The molecule has 1 aliphatic rings. The normalized spacial score (nSPS) is 13.1. The highest BCUT2D eigenvalue weighted by Gasteiger charge is 2.23. The third-order valence-corrected chi connectivity index (χ3v) is 5.44. The summed E-state index contributed by atoms with van der Waals surface area (Å²) in [5.74, 6) is 0.692. The summed E-state index contributed by atoms with van der Waals surface area (Å²) < 4.78 is 16.0. The maximum absolute atomic E-state index is 12.6. The zero-order valence-electron chi connectivity index (χ0n) is 17.1. The lowest BCUT2D eigenvalue weighted by Crippen LogP contribution is -2.38. The van der Waals surface area contributed by atoms with Crippen LogP contribution in [0.15, 0.2) is 42.6 Å². The fourth-order valence-corrected chi connectivity index (χ4v) is 3.81. The summed E-state index contributed by atoms with van der Waals surface area (Å²) in [6.07, 6.45) is 2.64. The van der Waals surface area contributed by atoms with Crippen LogP contribution in [0.4, 0.5) is 0 Å². The fourth-order valence-electron chi connectivity index (χ4n) is 3.81. The van der Waals surface area contributed by atoms with Gasteiger partial charge in [0.2, 0.25) is 0 Å². The van der Waals surface area contributed by atoms with E-state index in [1.165, 1.54) is 0 Å². The smallest absolute Gasteiger partial charge is 0.310 e. The molecule has 0 saturated carbocycles. The van der Waals surface area contributed by atoms with E-state index >= 15 is 0 Å². The molecule has 7 heteroatoms. The molecule has 1 aliphatic heterocycles. The number of carbonyl (C=O) groups is 2. The first-order valence-corrected chi connectivity index (χ1v) is 9.81. The van der Waals surface area contributed by atoms with Crippen LogP contribution in [-0.4, -0.2) is 49.1 Å². The Hall–Kier alpha value is -3.48. The van der Waals surface area contributed by atoms with Crippen LogP contribution in [0.3, 0.4) is 0 Å². The quantitative estimate of drug-likeness (QED) is 0.635. The van der Waals surface area contributed by atoms with E-state index < -0.39 is 5.97 Å². The van der Waals surface area contributed by atoms with E-state index in [9.17, 15) is 9.59 Å². The number of hydrogen-bond acceptors (Lipinski definition) is 5. The van der Waals surface area contributed by atoms with Gasteiger partial charge in [-0.1, -0.05) is 18.2 Å². The Labute approximate surface area is 174 Å². The van der Waals surface area contributed by atoms with E-state index in [2.05, 4.69) is 4.98 Å². The van der Waals surface area contributed by atoms with Gasteiger partial charge in [-0.3, -0.25) is 9.59 Å². The van der Waals surface area contributed by atoms with Crippen molar-refractivity contribution >= 4 is 22.8 Å². The minimum atomic E-state index is -0.420. The van der Waals surface area contributed by atoms with Gasteiger partial charge in [-0.05, 0) is 41.3 Å². The van der Waals surface area contributed by atoms with Gasteiger partial charge in [-0.25, -0.2) is 0 Å². The molecule has 0 unspecified atom stereocenters. The van der Waals surface area contributed by atoms with Crippen LogP contribution in [-0.2, 0) is 33.7 Å². The Balaban J connectivity index is 1.35. The molecule has 0 fully saturated rings. The number of nitrogens with one attached hydrogen (secondary N) is 1. The average Bonchev–Trinajstić information content (AvgIpc) is 3.18. The molecule has 4 rings (SSSR count). The Morgan fingerprint density at radius 2 is 1.80 bits per heavy atom. The molecule has 0 atom stereocenters. The second-order valence-corrected chi connectivity index (χ2v) is 7.24. The number of fused-ring (bicyclic) bond motifs is 2. The van der Waals surface area contributed by atoms with Crippen LogP contribution in [0.1, 0.15) is 16.7 Å². The lowest BCUT2D eigenvalue weighted by molar-refractivity contribution is -0.151. The van der Waals surface area contributed by atoms with E-state index in [4.69, 9.17) is 14.2 Å². The topological polar surface area (TPSA) is 80.9 Å². The molecule has 7 nitrogen and oxygen atoms in total. The van der Waals surface area contributed by atoms with Crippen LogP contribution in [0.25, 0.3) is 10.9 Å². The monoisotopic (exact) mass is 408 g/mol. The average molecular weight is 408 g/mol. The van der Waals surface area contributed by atoms with E-state index in [1.807, 2.05) is 36.4 Å². The number of hydrogen-bond donors (Lipinski definition) is 1. The largest absolute Gasteiger partial charge is 0.493 e. The summed E-state index contributed by atoms with van der Waals surface area (Å²) in [5.41, 5.74) is 3.97. The third-order valence-electron chi connectivity index (χ3n) is 5.44. The Kier molecular flexibility index (Phi) is 5.61. The standard InChI is InChI=1S/C23H24N2O5/c1-28-20-9-15-7-8-25(13-17(15)10-21(20)29-2)22(26)14-30-23(27)11-16-12-24-19-6-4-3-5-18(16)19/h3-6,9-10,12,24H,7-8,11,13-14H2,1-2H3. The first-order valence-electron chi connectivity index (χ1n) is 9.81. The summed E-state index contributed by atoms with van der Waals surface area (Å²) in [6.45, 7) is 0.764. The predicted octanol–water partition coefficient (Wildman–Crippen LogP) is 2.86. The number of ether oxygens (including phenoxy) is 3. The first-order chi connectivity index (χ1) is 14.6. The number of aromatic amines is 1. The summed E-state index contributed by atoms with van der Waals surface area (Å²) in [7, 11) is 3.19. The van der Waals surface area contributed by atoms with Gasteiger partial charge in [0.1, 0.15) is 0 Å². The molecule has 0 saturated heterocycles. The molecule has 1 N–H and O–H groups in total. The lowest BCUT2D eigenvalue weighted by atomic mass is 9.99. The number of amides is 1. The number of aromatic nitrogens is 1.